The van der Waals surface area contributed by atoms with E-state index in [-0.39, 0.29) is 5.97 Å². The summed E-state index contributed by atoms with van der Waals surface area (Å²) in [6, 6.07) is 7.37. The minimum Gasteiger partial charge on any atom is -0.468 e. The molecule has 1 unspecified atom stereocenters. The molecular weight excluding hydrogens is 202 g/mol. The molecule has 16 heavy (non-hydrogen) atoms. The van der Waals surface area contributed by atoms with Crippen molar-refractivity contribution in [2.45, 2.75) is 32.2 Å². The van der Waals surface area contributed by atoms with E-state index in [9.17, 15) is 4.79 Å². The van der Waals surface area contributed by atoms with E-state index in [1.54, 1.807) is 0 Å². The topological polar surface area (TPSA) is 52.3 Å². The van der Waals surface area contributed by atoms with E-state index in [1.165, 1.54) is 12.7 Å². The maximum atomic E-state index is 11.5. The Bertz CT molecular complexity index is 368. The Hall–Kier alpha value is -1.35. The van der Waals surface area contributed by atoms with Gasteiger partial charge in [-0.2, -0.15) is 0 Å². The Kier molecular flexibility index (Phi) is 3.70. The molecule has 88 valence electrons. The van der Waals surface area contributed by atoms with Crippen molar-refractivity contribution in [1.29, 1.82) is 0 Å². The zero-order chi connectivity index (χ0) is 12.3. The largest absolute Gasteiger partial charge is 0.468 e. The summed E-state index contributed by atoms with van der Waals surface area (Å²) in [5, 5.41) is 0. The number of ether oxygens (including phenoxy) is 1. The molecule has 0 aromatic heterocycles. The van der Waals surface area contributed by atoms with E-state index in [0.717, 1.165) is 5.56 Å². The molecule has 0 aliphatic heterocycles. The van der Waals surface area contributed by atoms with Gasteiger partial charge >= 0.3 is 5.97 Å². The van der Waals surface area contributed by atoms with Gasteiger partial charge in [-0.05, 0) is 12.5 Å². The van der Waals surface area contributed by atoms with Crippen molar-refractivity contribution < 1.29 is 9.53 Å². The highest BCUT2D eigenvalue weighted by atomic mass is 16.5. The lowest BCUT2D eigenvalue weighted by Gasteiger charge is -2.30. The highest BCUT2D eigenvalue weighted by molar-refractivity contribution is 5.77. The summed E-state index contributed by atoms with van der Waals surface area (Å²) in [6.45, 7) is 5.91. The third kappa shape index (κ3) is 2.42. The van der Waals surface area contributed by atoms with Crippen molar-refractivity contribution in [2.75, 3.05) is 7.11 Å². The van der Waals surface area contributed by atoms with Crippen molar-refractivity contribution in [1.82, 2.24) is 0 Å². The van der Waals surface area contributed by atoms with Crippen LogP contribution in [0.4, 0.5) is 0 Å². The lowest BCUT2D eigenvalue weighted by atomic mass is 9.78. The molecular formula is C13H19NO2. The normalized spacial score (nSPS) is 13.3. The first-order valence-electron chi connectivity index (χ1n) is 5.30. The molecule has 1 aromatic rings. The first-order chi connectivity index (χ1) is 7.39. The second-order valence-electron chi connectivity index (χ2n) is 4.59. The van der Waals surface area contributed by atoms with Crippen molar-refractivity contribution in [3.8, 4) is 0 Å². The van der Waals surface area contributed by atoms with Crippen LogP contribution in [0.25, 0.3) is 0 Å². The molecule has 3 nitrogen and oxygen atoms in total. The van der Waals surface area contributed by atoms with E-state index in [1.807, 2.05) is 45.0 Å². The fourth-order valence-electron chi connectivity index (χ4n) is 1.58. The third-order valence-electron chi connectivity index (χ3n) is 3.03. The number of hydrogen-bond donors (Lipinski definition) is 1. The minimum absolute atomic E-state index is 0.384. The predicted molar refractivity (Wildman–Crippen MR) is 64.2 cm³/mol. The summed E-state index contributed by atoms with van der Waals surface area (Å²) < 4.78 is 4.68. The maximum Gasteiger partial charge on any atom is 0.323 e. The average Bonchev–Trinajstić information content (AvgIpc) is 2.27. The molecule has 1 aromatic carbocycles. The van der Waals surface area contributed by atoms with Crippen LogP contribution in [-0.2, 0) is 14.9 Å². The first-order valence-corrected chi connectivity index (χ1v) is 5.30. The van der Waals surface area contributed by atoms with E-state index in [0.29, 0.717) is 0 Å². The number of benzene rings is 1. The van der Waals surface area contributed by atoms with Gasteiger partial charge in [0.25, 0.3) is 0 Å². The maximum absolute atomic E-state index is 11.5. The summed E-state index contributed by atoms with van der Waals surface area (Å²) in [7, 11) is 1.35. The van der Waals surface area contributed by atoms with E-state index >= 15 is 0 Å². The van der Waals surface area contributed by atoms with Gasteiger partial charge in [-0.15, -0.1) is 0 Å². The van der Waals surface area contributed by atoms with Gasteiger partial charge in [-0.1, -0.05) is 43.7 Å². The average molecular weight is 221 g/mol. The molecule has 0 fully saturated rings. The van der Waals surface area contributed by atoms with Crippen molar-refractivity contribution >= 4 is 5.97 Å². The van der Waals surface area contributed by atoms with Crippen LogP contribution in [0.1, 0.15) is 25.0 Å². The number of carbonyl (C=O) groups excluding carboxylic acids is 1. The standard InChI is InChI=1S/C13H19NO2/c1-9-5-7-10(8-6-9)13(2,3)11(14)12(15)16-4/h5-8,11H,14H2,1-4H3. The molecule has 0 bridgehead atoms. The van der Waals surface area contributed by atoms with Crippen LogP contribution < -0.4 is 5.73 Å². The Morgan fingerprint density at radius 3 is 2.25 bits per heavy atom. The number of carbonyl (C=O) groups is 1. The van der Waals surface area contributed by atoms with Gasteiger partial charge in [0.05, 0.1) is 7.11 Å². The second-order valence-corrected chi connectivity index (χ2v) is 4.59. The van der Waals surface area contributed by atoms with Crippen LogP contribution in [-0.4, -0.2) is 19.1 Å². The first kappa shape index (κ1) is 12.7. The van der Waals surface area contributed by atoms with Crippen molar-refractivity contribution in [2.24, 2.45) is 5.73 Å². The van der Waals surface area contributed by atoms with Gasteiger partial charge in [-0.3, -0.25) is 4.79 Å². The second kappa shape index (κ2) is 4.66. The molecule has 2 N–H and O–H groups in total. The van der Waals surface area contributed by atoms with Gasteiger partial charge in [-0.25, -0.2) is 0 Å². The van der Waals surface area contributed by atoms with Crippen LogP contribution >= 0.6 is 0 Å². The summed E-state index contributed by atoms with van der Waals surface area (Å²) in [5.41, 5.74) is 7.70. The summed E-state index contributed by atoms with van der Waals surface area (Å²) in [5.74, 6) is -0.384. The minimum atomic E-state index is -0.653. The Morgan fingerprint density at radius 1 is 1.31 bits per heavy atom. The summed E-state index contributed by atoms with van der Waals surface area (Å²) >= 11 is 0. The SMILES string of the molecule is COC(=O)C(N)C(C)(C)c1ccc(C)cc1. The zero-order valence-electron chi connectivity index (χ0n) is 10.3. The number of rotatable bonds is 3. The lowest BCUT2D eigenvalue weighted by Crippen LogP contribution is -2.47. The molecule has 0 saturated carbocycles. The number of nitrogens with two attached hydrogens (primary N) is 1. The lowest BCUT2D eigenvalue weighted by molar-refractivity contribution is -0.143. The third-order valence-corrected chi connectivity index (χ3v) is 3.03. The summed E-state index contributed by atoms with van der Waals surface area (Å²) in [4.78, 5) is 11.5. The van der Waals surface area contributed by atoms with Crippen molar-refractivity contribution in [3.05, 3.63) is 35.4 Å². The van der Waals surface area contributed by atoms with E-state index in [4.69, 9.17) is 5.73 Å². The van der Waals surface area contributed by atoms with E-state index < -0.39 is 11.5 Å². The highest BCUT2D eigenvalue weighted by Gasteiger charge is 2.34. The molecule has 0 heterocycles. The molecule has 0 amide bonds. The molecule has 0 aliphatic carbocycles. The Balaban J connectivity index is 3.01. The van der Waals surface area contributed by atoms with E-state index in [2.05, 4.69) is 4.74 Å². The number of methoxy groups -OCH3 is 1. The molecule has 3 heteroatoms. The fourth-order valence-corrected chi connectivity index (χ4v) is 1.58. The highest BCUT2D eigenvalue weighted by Crippen LogP contribution is 2.26. The fraction of sp³-hybridized carbons (Fsp3) is 0.462. The van der Waals surface area contributed by atoms with Gasteiger partial charge in [0.1, 0.15) is 6.04 Å². The van der Waals surface area contributed by atoms with Crippen LogP contribution in [0.5, 0.6) is 0 Å². The number of esters is 1. The van der Waals surface area contributed by atoms with Gasteiger partial charge < -0.3 is 10.5 Å². The molecule has 0 spiro atoms. The Labute approximate surface area is 96.6 Å². The molecule has 1 atom stereocenters. The summed E-state index contributed by atoms with van der Waals surface area (Å²) in [6.07, 6.45) is 0. The van der Waals surface area contributed by atoms with Gasteiger partial charge in [0.15, 0.2) is 0 Å². The smallest absolute Gasteiger partial charge is 0.323 e. The van der Waals surface area contributed by atoms with Crippen LogP contribution in [0.3, 0.4) is 0 Å². The molecule has 0 aliphatic rings. The number of hydrogen-bond acceptors (Lipinski definition) is 3. The van der Waals surface area contributed by atoms with Crippen molar-refractivity contribution in [3.63, 3.8) is 0 Å². The Morgan fingerprint density at radius 2 is 1.81 bits per heavy atom. The van der Waals surface area contributed by atoms with Crippen LogP contribution in [0, 0.1) is 6.92 Å². The molecule has 1 rings (SSSR count). The molecule has 0 saturated heterocycles. The van der Waals surface area contributed by atoms with Gasteiger partial charge in [0, 0.05) is 5.41 Å². The predicted octanol–water partition coefficient (Wildman–Crippen LogP) is 1.77. The van der Waals surface area contributed by atoms with Crippen LogP contribution in [0.15, 0.2) is 24.3 Å². The zero-order valence-corrected chi connectivity index (χ0v) is 10.3. The molecule has 0 radical (unpaired) electrons. The number of aryl methyl sites for hydroxylation is 1. The van der Waals surface area contributed by atoms with Gasteiger partial charge in [0.2, 0.25) is 0 Å². The monoisotopic (exact) mass is 221 g/mol. The quantitative estimate of drug-likeness (QED) is 0.791. The van der Waals surface area contributed by atoms with Crippen LogP contribution in [0.2, 0.25) is 0 Å².